The number of aromatic amines is 1. The van der Waals surface area contributed by atoms with Gasteiger partial charge in [-0.05, 0) is 51.1 Å². The van der Waals surface area contributed by atoms with Crippen molar-refractivity contribution in [1.82, 2.24) is 25.4 Å². The Labute approximate surface area is 216 Å². The summed E-state index contributed by atoms with van der Waals surface area (Å²) in [5, 5.41) is 22.7. The van der Waals surface area contributed by atoms with Crippen LogP contribution < -0.4 is 19.7 Å². The Kier molecular flexibility index (Phi) is 6.28. The first-order valence-corrected chi connectivity index (χ1v) is 12.9. The van der Waals surface area contributed by atoms with Gasteiger partial charge in [-0.1, -0.05) is 18.2 Å². The minimum absolute atomic E-state index is 0.319. The zero-order valence-electron chi connectivity index (χ0n) is 21.3. The standard InChI is InChI=1S/C28H31N7O2/c1-18-8-9-23-22(16-31-33-23)27(18)37-24-7-3-6-20-25(24)32-28(36-17-19-5-4-12-34(19)2)21(15-29)26(20)35-13-10-30-11-14-35/h3,6-9,16,19,30H,4-5,10-14,17H2,1-2H3,(H,31,33). The Balaban J connectivity index is 1.49. The fourth-order valence-electron chi connectivity index (χ4n) is 5.44. The molecule has 0 amide bonds. The number of likely N-dealkylation sites (tertiary alicyclic amines) is 1. The van der Waals surface area contributed by atoms with Crippen LogP contribution in [-0.2, 0) is 0 Å². The molecule has 190 valence electrons. The summed E-state index contributed by atoms with van der Waals surface area (Å²) in [5.74, 6) is 1.74. The Morgan fingerprint density at radius 1 is 1.14 bits per heavy atom. The Bertz CT molecular complexity index is 1490. The number of benzene rings is 2. The Hall–Kier alpha value is -3.87. The fourth-order valence-corrected chi connectivity index (χ4v) is 5.44. The molecule has 2 fully saturated rings. The molecule has 0 radical (unpaired) electrons. The molecule has 4 heterocycles. The van der Waals surface area contributed by atoms with Crippen LogP contribution in [0.4, 0.5) is 5.69 Å². The molecular formula is C28H31N7O2. The molecule has 0 spiro atoms. The van der Waals surface area contributed by atoms with Gasteiger partial charge in [-0.15, -0.1) is 0 Å². The van der Waals surface area contributed by atoms with Crippen LogP contribution in [-0.4, -0.2) is 72.5 Å². The van der Waals surface area contributed by atoms with E-state index in [-0.39, 0.29) is 0 Å². The summed E-state index contributed by atoms with van der Waals surface area (Å²) in [4.78, 5) is 9.50. The summed E-state index contributed by atoms with van der Waals surface area (Å²) in [6.45, 7) is 6.90. The highest BCUT2D eigenvalue weighted by Crippen LogP contribution is 2.41. The van der Waals surface area contributed by atoms with Gasteiger partial charge < -0.3 is 24.6 Å². The quantitative estimate of drug-likeness (QED) is 0.413. The van der Waals surface area contributed by atoms with E-state index in [0.29, 0.717) is 35.4 Å². The number of likely N-dealkylation sites (N-methyl/N-ethyl adjacent to an activating group) is 1. The van der Waals surface area contributed by atoms with Crippen LogP contribution in [0, 0.1) is 18.3 Å². The largest absolute Gasteiger partial charge is 0.475 e. The number of fused-ring (bicyclic) bond motifs is 2. The second kappa shape index (κ2) is 9.88. The summed E-state index contributed by atoms with van der Waals surface area (Å²) in [6.07, 6.45) is 4.02. The first-order chi connectivity index (χ1) is 18.1. The number of nitrogens with zero attached hydrogens (tertiary/aromatic N) is 5. The normalized spacial score (nSPS) is 18.4. The zero-order valence-corrected chi connectivity index (χ0v) is 21.3. The van der Waals surface area contributed by atoms with Gasteiger partial charge >= 0.3 is 0 Å². The van der Waals surface area contributed by atoms with E-state index < -0.39 is 0 Å². The molecule has 2 aromatic heterocycles. The highest BCUT2D eigenvalue weighted by molar-refractivity contribution is 5.99. The number of hydrogen-bond acceptors (Lipinski definition) is 8. The smallest absolute Gasteiger partial charge is 0.234 e. The lowest BCUT2D eigenvalue weighted by Crippen LogP contribution is -2.44. The van der Waals surface area contributed by atoms with Gasteiger partial charge in [0.2, 0.25) is 5.88 Å². The molecule has 0 saturated carbocycles. The second-order valence-corrected chi connectivity index (χ2v) is 9.87. The molecule has 2 aliphatic rings. The summed E-state index contributed by atoms with van der Waals surface area (Å²) in [5.41, 5.74) is 3.95. The highest BCUT2D eigenvalue weighted by atomic mass is 16.5. The maximum Gasteiger partial charge on any atom is 0.234 e. The molecular weight excluding hydrogens is 466 g/mol. The molecule has 4 aromatic rings. The third-order valence-electron chi connectivity index (χ3n) is 7.53. The van der Waals surface area contributed by atoms with Crippen molar-refractivity contribution in [1.29, 1.82) is 5.26 Å². The van der Waals surface area contributed by atoms with Gasteiger partial charge in [0.1, 0.15) is 29.5 Å². The monoisotopic (exact) mass is 497 g/mol. The number of anilines is 1. The van der Waals surface area contributed by atoms with Crippen LogP contribution in [0.15, 0.2) is 36.5 Å². The number of nitriles is 1. The van der Waals surface area contributed by atoms with Crippen LogP contribution in [0.1, 0.15) is 24.0 Å². The molecule has 9 nitrogen and oxygen atoms in total. The van der Waals surface area contributed by atoms with E-state index in [1.165, 1.54) is 0 Å². The van der Waals surface area contributed by atoms with Gasteiger partial charge in [0.15, 0.2) is 5.75 Å². The van der Waals surface area contributed by atoms with E-state index in [9.17, 15) is 5.26 Å². The molecule has 9 heteroatoms. The van der Waals surface area contributed by atoms with Crippen LogP contribution >= 0.6 is 0 Å². The molecule has 6 rings (SSSR count). The van der Waals surface area contributed by atoms with Gasteiger partial charge in [-0.3, -0.25) is 5.10 Å². The number of rotatable bonds is 6. The van der Waals surface area contributed by atoms with Gasteiger partial charge in [-0.25, -0.2) is 4.98 Å². The summed E-state index contributed by atoms with van der Waals surface area (Å²) in [7, 11) is 2.12. The topological polar surface area (TPSA) is 102 Å². The van der Waals surface area contributed by atoms with Crippen molar-refractivity contribution in [2.24, 2.45) is 0 Å². The first-order valence-electron chi connectivity index (χ1n) is 12.9. The second-order valence-electron chi connectivity index (χ2n) is 9.87. The van der Waals surface area contributed by atoms with Crippen LogP contribution in [0.2, 0.25) is 0 Å². The number of aryl methyl sites for hydroxylation is 1. The number of pyridine rings is 1. The number of para-hydroxylation sites is 1. The summed E-state index contributed by atoms with van der Waals surface area (Å²) in [6, 6.07) is 12.7. The van der Waals surface area contributed by atoms with Crippen LogP contribution in [0.3, 0.4) is 0 Å². The lowest BCUT2D eigenvalue weighted by molar-refractivity contribution is 0.193. The van der Waals surface area contributed by atoms with Crippen molar-refractivity contribution in [2.75, 3.05) is 51.3 Å². The number of piperazine rings is 1. The van der Waals surface area contributed by atoms with E-state index in [1.54, 1.807) is 6.20 Å². The average Bonchev–Trinajstić information content (AvgIpc) is 3.57. The van der Waals surface area contributed by atoms with Gasteiger partial charge in [0, 0.05) is 37.6 Å². The van der Waals surface area contributed by atoms with Crippen molar-refractivity contribution in [3.63, 3.8) is 0 Å². The van der Waals surface area contributed by atoms with Crippen molar-refractivity contribution < 1.29 is 9.47 Å². The maximum absolute atomic E-state index is 10.3. The Morgan fingerprint density at radius 3 is 2.78 bits per heavy atom. The van der Waals surface area contributed by atoms with E-state index >= 15 is 0 Å². The summed E-state index contributed by atoms with van der Waals surface area (Å²) >= 11 is 0. The number of nitrogens with one attached hydrogen (secondary N) is 2. The number of H-pyrrole nitrogens is 1. The third-order valence-corrected chi connectivity index (χ3v) is 7.53. The number of aromatic nitrogens is 3. The molecule has 37 heavy (non-hydrogen) atoms. The van der Waals surface area contributed by atoms with Crippen molar-refractivity contribution >= 4 is 27.5 Å². The molecule has 1 unspecified atom stereocenters. The molecule has 2 saturated heterocycles. The molecule has 2 N–H and O–H groups in total. The van der Waals surface area contributed by atoms with Gasteiger partial charge in [-0.2, -0.15) is 10.4 Å². The molecule has 1 atom stereocenters. The lowest BCUT2D eigenvalue weighted by atomic mass is 10.1. The molecule has 2 aliphatic heterocycles. The maximum atomic E-state index is 10.3. The minimum Gasteiger partial charge on any atom is -0.475 e. The van der Waals surface area contributed by atoms with E-state index in [1.807, 2.05) is 37.3 Å². The van der Waals surface area contributed by atoms with E-state index in [0.717, 1.165) is 78.9 Å². The molecule has 2 aromatic carbocycles. The van der Waals surface area contributed by atoms with E-state index in [4.69, 9.17) is 14.5 Å². The third kappa shape index (κ3) is 4.32. The van der Waals surface area contributed by atoms with Crippen molar-refractivity contribution in [3.8, 4) is 23.4 Å². The lowest BCUT2D eigenvalue weighted by Gasteiger charge is -2.31. The minimum atomic E-state index is 0.319. The average molecular weight is 498 g/mol. The number of ether oxygens (including phenoxy) is 2. The first kappa shape index (κ1) is 23.5. The highest BCUT2D eigenvalue weighted by Gasteiger charge is 2.27. The Morgan fingerprint density at radius 2 is 2.00 bits per heavy atom. The molecule has 0 bridgehead atoms. The van der Waals surface area contributed by atoms with Crippen molar-refractivity contribution in [2.45, 2.75) is 25.8 Å². The van der Waals surface area contributed by atoms with Crippen molar-refractivity contribution in [3.05, 3.63) is 47.7 Å². The van der Waals surface area contributed by atoms with Crippen LogP contribution in [0.5, 0.6) is 17.4 Å². The predicted molar refractivity (Wildman–Crippen MR) is 144 cm³/mol. The molecule has 0 aliphatic carbocycles. The SMILES string of the molecule is Cc1ccc2[nH]ncc2c1Oc1cccc2c(N3CCNCC3)c(C#N)c(OCC3CCCN3C)nc12. The van der Waals surface area contributed by atoms with Crippen LogP contribution in [0.25, 0.3) is 21.8 Å². The zero-order chi connectivity index (χ0) is 25.4. The van der Waals surface area contributed by atoms with E-state index in [2.05, 4.69) is 38.4 Å². The summed E-state index contributed by atoms with van der Waals surface area (Å²) < 4.78 is 12.9. The van der Waals surface area contributed by atoms with Gasteiger partial charge in [0.25, 0.3) is 0 Å². The fraction of sp³-hybridized carbons (Fsp3) is 0.393. The number of hydrogen-bond donors (Lipinski definition) is 2. The predicted octanol–water partition coefficient (Wildman–Crippen LogP) is 3.97. The van der Waals surface area contributed by atoms with Gasteiger partial charge in [0.05, 0.1) is 22.8 Å².